The molecule has 2 nitrogen and oxygen atoms in total. The van der Waals surface area contributed by atoms with Gasteiger partial charge in [-0.25, -0.2) is 0 Å². The molecule has 2 fully saturated rings. The van der Waals surface area contributed by atoms with Gasteiger partial charge in [-0.15, -0.1) is 0 Å². The van der Waals surface area contributed by atoms with Crippen LogP contribution in [0.4, 0.5) is 0 Å². The standard InChI is InChI=1S/C15H30N2/c1-3-14-4-8-15(12-16,9-5-14)17-10-6-13(2)7-11-17/h13-14H,3-12,16H2,1-2H3. The summed E-state index contributed by atoms with van der Waals surface area (Å²) in [7, 11) is 0. The SMILES string of the molecule is CCC1CCC(CN)(N2CCC(C)CC2)CC1. The summed E-state index contributed by atoms with van der Waals surface area (Å²) < 4.78 is 0. The van der Waals surface area contributed by atoms with Crippen LogP contribution in [0.5, 0.6) is 0 Å². The van der Waals surface area contributed by atoms with Crippen LogP contribution in [0.3, 0.4) is 0 Å². The van der Waals surface area contributed by atoms with E-state index < -0.39 is 0 Å². The third-order valence-electron chi connectivity index (χ3n) is 5.45. The van der Waals surface area contributed by atoms with Crippen molar-refractivity contribution in [3.05, 3.63) is 0 Å². The van der Waals surface area contributed by atoms with Gasteiger partial charge in [0.2, 0.25) is 0 Å². The van der Waals surface area contributed by atoms with E-state index in [4.69, 9.17) is 5.73 Å². The Balaban J connectivity index is 1.95. The van der Waals surface area contributed by atoms with Crippen molar-refractivity contribution >= 4 is 0 Å². The average molecular weight is 238 g/mol. The first-order chi connectivity index (χ1) is 8.20. The largest absolute Gasteiger partial charge is 0.329 e. The highest BCUT2D eigenvalue weighted by Crippen LogP contribution is 2.38. The predicted molar refractivity (Wildman–Crippen MR) is 74.0 cm³/mol. The van der Waals surface area contributed by atoms with Gasteiger partial charge >= 0.3 is 0 Å². The molecule has 1 saturated carbocycles. The molecule has 0 spiro atoms. The van der Waals surface area contributed by atoms with Gasteiger partial charge in [0.25, 0.3) is 0 Å². The molecule has 0 aromatic carbocycles. The Bertz CT molecular complexity index is 223. The lowest BCUT2D eigenvalue weighted by Gasteiger charge is -2.50. The summed E-state index contributed by atoms with van der Waals surface area (Å²) in [6.45, 7) is 8.17. The monoisotopic (exact) mass is 238 g/mol. The quantitative estimate of drug-likeness (QED) is 0.819. The van der Waals surface area contributed by atoms with Crippen molar-refractivity contribution in [1.82, 2.24) is 4.90 Å². The summed E-state index contributed by atoms with van der Waals surface area (Å²) >= 11 is 0. The molecule has 0 atom stereocenters. The van der Waals surface area contributed by atoms with Crippen molar-refractivity contribution < 1.29 is 0 Å². The number of hydrogen-bond donors (Lipinski definition) is 1. The van der Waals surface area contributed by atoms with E-state index in [1.165, 1.54) is 58.0 Å². The molecule has 0 bridgehead atoms. The van der Waals surface area contributed by atoms with E-state index in [-0.39, 0.29) is 0 Å². The van der Waals surface area contributed by atoms with Crippen LogP contribution in [0, 0.1) is 11.8 Å². The fourth-order valence-electron chi connectivity index (χ4n) is 3.76. The van der Waals surface area contributed by atoms with Crippen molar-refractivity contribution in [3.63, 3.8) is 0 Å². The van der Waals surface area contributed by atoms with Gasteiger partial charge in [0.15, 0.2) is 0 Å². The minimum Gasteiger partial charge on any atom is -0.329 e. The molecule has 2 aliphatic rings. The molecule has 2 rings (SSSR count). The van der Waals surface area contributed by atoms with Gasteiger partial charge in [0.05, 0.1) is 0 Å². The molecule has 0 aromatic rings. The Labute approximate surface area is 107 Å². The van der Waals surface area contributed by atoms with E-state index in [2.05, 4.69) is 18.7 Å². The van der Waals surface area contributed by atoms with Crippen molar-refractivity contribution in [2.24, 2.45) is 17.6 Å². The van der Waals surface area contributed by atoms with Crippen LogP contribution in [0.1, 0.15) is 58.8 Å². The molecular weight excluding hydrogens is 208 g/mol. The van der Waals surface area contributed by atoms with Crippen molar-refractivity contribution in [2.45, 2.75) is 64.3 Å². The molecule has 0 unspecified atom stereocenters. The smallest absolute Gasteiger partial charge is 0.0331 e. The lowest BCUT2D eigenvalue weighted by atomic mass is 9.73. The topological polar surface area (TPSA) is 29.3 Å². The molecule has 1 saturated heterocycles. The van der Waals surface area contributed by atoms with Crippen molar-refractivity contribution in [1.29, 1.82) is 0 Å². The Morgan fingerprint density at radius 2 is 1.71 bits per heavy atom. The Morgan fingerprint density at radius 1 is 1.12 bits per heavy atom. The van der Waals surface area contributed by atoms with Crippen molar-refractivity contribution in [2.75, 3.05) is 19.6 Å². The second-order valence-electron chi connectivity index (χ2n) is 6.45. The lowest BCUT2D eigenvalue weighted by molar-refractivity contribution is 0.0172. The van der Waals surface area contributed by atoms with E-state index in [0.717, 1.165) is 18.4 Å². The van der Waals surface area contributed by atoms with Gasteiger partial charge in [-0.1, -0.05) is 20.3 Å². The van der Waals surface area contributed by atoms with Gasteiger partial charge < -0.3 is 5.73 Å². The number of likely N-dealkylation sites (tertiary alicyclic amines) is 1. The molecular formula is C15H30N2. The predicted octanol–water partition coefficient (Wildman–Crippen LogP) is 3.02. The van der Waals surface area contributed by atoms with Crippen LogP contribution in [0.15, 0.2) is 0 Å². The average Bonchev–Trinajstić information content (AvgIpc) is 2.40. The molecule has 0 radical (unpaired) electrons. The zero-order valence-corrected chi connectivity index (χ0v) is 11.8. The first-order valence-electron chi connectivity index (χ1n) is 7.65. The lowest BCUT2D eigenvalue weighted by Crippen LogP contribution is -2.57. The van der Waals surface area contributed by atoms with E-state index in [1.807, 2.05) is 0 Å². The van der Waals surface area contributed by atoms with Gasteiger partial charge in [-0.05, 0) is 63.5 Å². The maximum atomic E-state index is 6.15. The first kappa shape index (κ1) is 13.4. The highest BCUT2D eigenvalue weighted by atomic mass is 15.2. The normalized spacial score (nSPS) is 37.2. The molecule has 0 aromatic heterocycles. The molecule has 2 heteroatoms. The summed E-state index contributed by atoms with van der Waals surface area (Å²) in [4.78, 5) is 2.74. The zero-order valence-electron chi connectivity index (χ0n) is 11.8. The van der Waals surface area contributed by atoms with E-state index >= 15 is 0 Å². The Morgan fingerprint density at radius 3 is 2.18 bits per heavy atom. The van der Waals surface area contributed by atoms with Gasteiger partial charge in [-0.2, -0.15) is 0 Å². The molecule has 100 valence electrons. The Kier molecular flexibility index (Phi) is 4.48. The highest BCUT2D eigenvalue weighted by molar-refractivity contribution is 4.97. The third-order valence-corrected chi connectivity index (χ3v) is 5.45. The second kappa shape index (κ2) is 5.71. The fraction of sp³-hybridized carbons (Fsp3) is 1.00. The van der Waals surface area contributed by atoms with Gasteiger partial charge in [0, 0.05) is 12.1 Å². The molecule has 1 aliphatic carbocycles. The van der Waals surface area contributed by atoms with Crippen LogP contribution >= 0.6 is 0 Å². The number of nitrogens with zero attached hydrogens (tertiary/aromatic N) is 1. The molecule has 2 N–H and O–H groups in total. The minimum absolute atomic E-state index is 0.367. The first-order valence-corrected chi connectivity index (χ1v) is 7.65. The number of piperidine rings is 1. The summed E-state index contributed by atoms with van der Waals surface area (Å²) in [5.41, 5.74) is 6.52. The summed E-state index contributed by atoms with van der Waals surface area (Å²) in [6.07, 6.45) is 9.60. The number of hydrogen-bond acceptors (Lipinski definition) is 2. The van der Waals surface area contributed by atoms with Crippen LogP contribution in [-0.4, -0.2) is 30.1 Å². The third kappa shape index (κ3) is 2.85. The van der Waals surface area contributed by atoms with E-state index in [9.17, 15) is 0 Å². The molecule has 0 amide bonds. The summed E-state index contributed by atoms with van der Waals surface area (Å²) in [5.74, 6) is 1.89. The Hall–Kier alpha value is -0.0800. The number of nitrogens with two attached hydrogens (primary N) is 1. The van der Waals surface area contributed by atoms with Gasteiger partial charge in [0.1, 0.15) is 0 Å². The molecule has 17 heavy (non-hydrogen) atoms. The van der Waals surface area contributed by atoms with Crippen LogP contribution < -0.4 is 5.73 Å². The van der Waals surface area contributed by atoms with Crippen LogP contribution in [0.2, 0.25) is 0 Å². The van der Waals surface area contributed by atoms with Crippen LogP contribution in [-0.2, 0) is 0 Å². The van der Waals surface area contributed by atoms with Gasteiger partial charge in [-0.3, -0.25) is 4.90 Å². The van der Waals surface area contributed by atoms with E-state index in [0.29, 0.717) is 5.54 Å². The highest BCUT2D eigenvalue weighted by Gasteiger charge is 2.39. The van der Waals surface area contributed by atoms with Crippen molar-refractivity contribution in [3.8, 4) is 0 Å². The maximum absolute atomic E-state index is 6.15. The number of rotatable bonds is 3. The fourth-order valence-corrected chi connectivity index (χ4v) is 3.76. The molecule has 1 aliphatic heterocycles. The van der Waals surface area contributed by atoms with E-state index in [1.54, 1.807) is 0 Å². The molecule has 1 heterocycles. The summed E-state index contributed by atoms with van der Waals surface area (Å²) in [6, 6.07) is 0. The maximum Gasteiger partial charge on any atom is 0.0331 e. The minimum atomic E-state index is 0.367. The zero-order chi connectivity index (χ0) is 12.3. The van der Waals surface area contributed by atoms with Crippen LogP contribution in [0.25, 0.3) is 0 Å². The summed E-state index contributed by atoms with van der Waals surface area (Å²) in [5, 5.41) is 0. The second-order valence-corrected chi connectivity index (χ2v) is 6.45.